The standard InChI is InChI=1S/C17H19N5OS2.ClH/c1-10(23)20-16-15(17-21-12-8-19-5-2-13(12)24-17)11-3-6-22(7-4-18)9-14(11)25-16;/h2,5,8H,3-4,6-7,9,18H2,1H3,(H,20,23);1H. The van der Waals surface area contributed by atoms with E-state index in [-0.39, 0.29) is 18.3 Å². The van der Waals surface area contributed by atoms with Crippen molar-refractivity contribution in [3.8, 4) is 10.6 Å². The van der Waals surface area contributed by atoms with E-state index in [2.05, 4.69) is 15.2 Å². The molecule has 3 aromatic rings. The number of anilines is 1. The summed E-state index contributed by atoms with van der Waals surface area (Å²) < 4.78 is 1.11. The second kappa shape index (κ2) is 7.98. The van der Waals surface area contributed by atoms with Crippen LogP contribution in [-0.4, -0.2) is 40.4 Å². The number of fused-ring (bicyclic) bond motifs is 2. The van der Waals surface area contributed by atoms with E-state index in [1.807, 2.05) is 6.07 Å². The molecule has 1 amide bonds. The summed E-state index contributed by atoms with van der Waals surface area (Å²) in [6.45, 7) is 4.98. The van der Waals surface area contributed by atoms with Gasteiger partial charge in [0.25, 0.3) is 0 Å². The first-order valence-corrected chi connectivity index (χ1v) is 9.84. The number of pyridine rings is 1. The van der Waals surface area contributed by atoms with Gasteiger partial charge < -0.3 is 11.1 Å². The number of carbonyl (C=O) groups excluding carboxylic acids is 1. The number of carbonyl (C=O) groups is 1. The molecule has 3 N–H and O–H groups in total. The summed E-state index contributed by atoms with van der Waals surface area (Å²) in [6.07, 6.45) is 4.52. The number of hydrogen-bond acceptors (Lipinski definition) is 7. The number of nitrogens with two attached hydrogens (primary N) is 1. The van der Waals surface area contributed by atoms with Gasteiger partial charge in [0.2, 0.25) is 5.91 Å². The van der Waals surface area contributed by atoms with Crippen molar-refractivity contribution in [1.29, 1.82) is 0 Å². The van der Waals surface area contributed by atoms with Crippen LogP contribution < -0.4 is 11.1 Å². The molecule has 4 heterocycles. The molecular weight excluding hydrogens is 390 g/mol. The molecule has 4 rings (SSSR count). The second-order valence-corrected chi connectivity index (χ2v) is 8.20. The van der Waals surface area contributed by atoms with Crippen molar-refractivity contribution in [2.45, 2.75) is 19.9 Å². The highest BCUT2D eigenvalue weighted by Gasteiger charge is 2.27. The van der Waals surface area contributed by atoms with E-state index < -0.39 is 0 Å². The fraction of sp³-hybridized carbons (Fsp3) is 0.353. The lowest BCUT2D eigenvalue weighted by molar-refractivity contribution is -0.114. The number of hydrogen-bond donors (Lipinski definition) is 2. The Balaban J connectivity index is 0.00000196. The minimum atomic E-state index is -0.0542. The van der Waals surface area contributed by atoms with Crippen molar-refractivity contribution in [2.75, 3.05) is 25.0 Å². The molecule has 0 radical (unpaired) electrons. The van der Waals surface area contributed by atoms with Gasteiger partial charge in [-0.1, -0.05) is 0 Å². The average Bonchev–Trinajstić information content (AvgIpc) is 3.14. The molecular formula is C17H20ClN5OS2. The third-order valence-electron chi connectivity index (χ3n) is 4.27. The molecule has 0 atom stereocenters. The molecule has 0 saturated heterocycles. The normalized spacial score (nSPS) is 14.1. The quantitative estimate of drug-likeness (QED) is 0.691. The minimum Gasteiger partial charge on any atom is -0.329 e. The predicted molar refractivity (Wildman–Crippen MR) is 110 cm³/mol. The number of rotatable bonds is 4. The number of aromatic nitrogens is 2. The highest BCUT2D eigenvalue weighted by molar-refractivity contribution is 7.22. The monoisotopic (exact) mass is 409 g/mol. The van der Waals surface area contributed by atoms with Gasteiger partial charge in [-0.2, -0.15) is 0 Å². The molecule has 0 bridgehead atoms. The molecule has 0 aromatic carbocycles. The van der Waals surface area contributed by atoms with Gasteiger partial charge in [-0.05, 0) is 18.1 Å². The molecule has 9 heteroatoms. The number of nitrogens with one attached hydrogen (secondary N) is 1. The summed E-state index contributed by atoms with van der Waals surface area (Å²) >= 11 is 3.31. The molecule has 6 nitrogen and oxygen atoms in total. The van der Waals surface area contributed by atoms with E-state index in [0.29, 0.717) is 6.54 Å². The van der Waals surface area contributed by atoms with Crippen LogP contribution in [0.15, 0.2) is 18.5 Å². The summed E-state index contributed by atoms with van der Waals surface area (Å²) in [6, 6.07) is 1.98. The predicted octanol–water partition coefficient (Wildman–Crippen LogP) is 3.12. The van der Waals surface area contributed by atoms with Crippen molar-refractivity contribution in [1.82, 2.24) is 14.9 Å². The van der Waals surface area contributed by atoms with E-state index in [4.69, 9.17) is 10.7 Å². The Labute approximate surface area is 165 Å². The molecule has 26 heavy (non-hydrogen) atoms. The molecule has 0 unspecified atom stereocenters. The Morgan fingerprint density at radius 3 is 3.00 bits per heavy atom. The van der Waals surface area contributed by atoms with Crippen LogP contribution >= 0.6 is 35.1 Å². The highest BCUT2D eigenvalue weighted by atomic mass is 35.5. The van der Waals surface area contributed by atoms with Crippen LogP contribution in [0.1, 0.15) is 17.4 Å². The van der Waals surface area contributed by atoms with Crippen LogP contribution in [0.2, 0.25) is 0 Å². The van der Waals surface area contributed by atoms with Crippen LogP contribution in [0, 0.1) is 0 Å². The summed E-state index contributed by atoms with van der Waals surface area (Å²) in [7, 11) is 0. The zero-order valence-corrected chi connectivity index (χ0v) is 16.8. The van der Waals surface area contributed by atoms with Crippen molar-refractivity contribution >= 4 is 56.2 Å². The SMILES string of the molecule is CC(=O)Nc1sc2c(c1-c1nc3cnccc3s1)CCN(CCN)C2.Cl. The van der Waals surface area contributed by atoms with Crippen molar-refractivity contribution in [2.24, 2.45) is 5.73 Å². The molecule has 0 aliphatic carbocycles. The van der Waals surface area contributed by atoms with Gasteiger partial charge in [0.15, 0.2) is 0 Å². The van der Waals surface area contributed by atoms with Crippen LogP contribution in [-0.2, 0) is 17.8 Å². The molecule has 1 aliphatic rings. The van der Waals surface area contributed by atoms with Crippen molar-refractivity contribution in [3.05, 3.63) is 28.9 Å². The first kappa shape index (κ1) is 19.2. The van der Waals surface area contributed by atoms with E-state index in [9.17, 15) is 4.79 Å². The maximum absolute atomic E-state index is 11.7. The van der Waals surface area contributed by atoms with Gasteiger partial charge in [0.05, 0.1) is 10.9 Å². The lowest BCUT2D eigenvalue weighted by Crippen LogP contribution is -2.33. The topological polar surface area (TPSA) is 84.1 Å². The summed E-state index contributed by atoms with van der Waals surface area (Å²) in [5, 5.41) is 4.86. The lowest BCUT2D eigenvalue weighted by Gasteiger charge is -2.26. The third-order valence-corrected chi connectivity index (χ3v) is 6.46. The van der Waals surface area contributed by atoms with Gasteiger partial charge in [-0.25, -0.2) is 4.98 Å². The Kier molecular flexibility index (Phi) is 5.89. The first-order chi connectivity index (χ1) is 12.2. The zero-order chi connectivity index (χ0) is 17.4. The fourth-order valence-corrected chi connectivity index (χ4v) is 5.60. The summed E-state index contributed by atoms with van der Waals surface area (Å²) in [5.41, 5.74) is 9.01. The molecule has 1 aliphatic heterocycles. The largest absolute Gasteiger partial charge is 0.329 e. The Morgan fingerprint density at radius 2 is 2.27 bits per heavy atom. The van der Waals surface area contributed by atoms with Gasteiger partial charge in [0.1, 0.15) is 15.5 Å². The molecule has 0 fully saturated rings. The number of thiophene rings is 1. The molecule has 138 valence electrons. The lowest BCUT2D eigenvalue weighted by atomic mass is 10.0. The van der Waals surface area contributed by atoms with E-state index >= 15 is 0 Å². The maximum Gasteiger partial charge on any atom is 0.221 e. The first-order valence-electron chi connectivity index (χ1n) is 8.21. The van der Waals surface area contributed by atoms with Crippen LogP contribution in [0.5, 0.6) is 0 Å². The maximum atomic E-state index is 11.7. The molecule has 0 saturated carbocycles. The van der Waals surface area contributed by atoms with Gasteiger partial charge in [-0.15, -0.1) is 35.1 Å². The Bertz CT molecular complexity index is 906. The van der Waals surface area contributed by atoms with E-state index in [1.165, 1.54) is 10.4 Å². The van der Waals surface area contributed by atoms with E-state index in [0.717, 1.165) is 51.8 Å². The Hall–Kier alpha value is -1.58. The van der Waals surface area contributed by atoms with E-state index in [1.54, 1.807) is 42.0 Å². The van der Waals surface area contributed by atoms with Crippen LogP contribution in [0.3, 0.4) is 0 Å². The van der Waals surface area contributed by atoms with Crippen molar-refractivity contribution in [3.63, 3.8) is 0 Å². The zero-order valence-electron chi connectivity index (χ0n) is 14.3. The number of amides is 1. The number of thiazole rings is 1. The van der Waals surface area contributed by atoms with Gasteiger partial charge in [-0.3, -0.25) is 14.7 Å². The van der Waals surface area contributed by atoms with Crippen LogP contribution in [0.25, 0.3) is 20.8 Å². The number of nitrogens with zero attached hydrogens (tertiary/aromatic N) is 3. The highest BCUT2D eigenvalue weighted by Crippen LogP contribution is 2.45. The number of halogens is 1. The fourth-order valence-electron chi connectivity index (χ4n) is 3.19. The van der Waals surface area contributed by atoms with Gasteiger partial charge in [0, 0.05) is 49.7 Å². The van der Waals surface area contributed by atoms with Crippen molar-refractivity contribution < 1.29 is 4.79 Å². The Morgan fingerprint density at radius 1 is 1.42 bits per heavy atom. The smallest absolute Gasteiger partial charge is 0.221 e. The summed E-state index contributed by atoms with van der Waals surface area (Å²) in [4.78, 5) is 24.3. The molecule has 3 aromatic heterocycles. The second-order valence-electron chi connectivity index (χ2n) is 6.07. The molecule has 0 spiro atoms. The minimum absolute atomic E-state index is 0. The third kappa shape index (κ3) is 3.60. The average molecular weight is 410 g/mol. The van der Waals surface area contributed by atoms with Crippen LogP contribution in [0.4, 0.5) is 5.00 Å². The summed E-state index contributed by atoms with van der Waals surface area (Å²) in [5.74, 6) is -0.0542. The van der Waals surface area contributed by atoms with Gasteiger partial charge >= 0.3 is 0 Å².